The molecule has 0 fully saturated rings. The van der Waals surface area contributed by atoms with Crippen LogP contribution in [0.5, 0.6) is 5.75 Å². The zero-order valence-corrected chi connectivity index (χ0v) is 17.6. The lowest BCUT2D eigenvalue weighted by molar-refractivity contribution is -0.116. The summed E-state index contributed by atoms with van der Waals surface area (Å²) in [7, 11) is -0.104. The Balaban J connectivity index is 1.99. The Morgan fingerprint density at radius 1 is 1.27 bits per heavy atom. The number of rotatable bonds is 5. The minimum Gasteiger partial charge on any atom is -0.495 e. The van der Waals surface area contributed by atoms with Gasteiger partial charge < -0.3 is 10.1 Å². The van der Waals surface area contributed by atoms with E-state index in [9.17, 15) is 22.8 Å². The second-order valence-electron chi connectivity index (χ2n) is 6.30. The maximum absolute atomic E-state index is 12.5. The van der Waals surface area contributed by atoms with Crippen molar-refractivity contribution >= 4 is 44.4 Å². The van der Waals surface area contributed by atoms with Gasteiger partial charge in [-0.1, -0.05) is 0 Å². The SMILES string of the molecule is COc1ccc(NC(=O)Cn2c(Cl)nc3c2c(=O)n(C)c(=O)n3C)cc1S(N)(=O)=O. The smallest absolute Gasteiger partial charge is 0.332 e. The number of methoxy groups -OCH3 is 1. The highest BCUT2D eigenvalue weighted by atomic mass is 35.5. The summed E-state index contributed by atoms with van der Waals surface area (Å²) >= 11 is 6.08. The fourth-order valence-electron chi connectivity index (χ4n) is 2.89. The number of amides is 1. The summed E-state index contributed by atoms with van der Waals surface area (Å²) in [6.07, 6.45) is 0. The maximum Gasteiger partial charge on any atom is 0.332 e. The molecule has 30 heavy (non-hydrogen) atoms. The lowest BCUT2D eigenvalue weighted by atomic mass is 10.3. The topological polar surface area (TPSA) is 160 Å². The number of benzene rings is 1. The van der Waals surface area contributed by atoms with Crippen molar-refractivity contribution in [3.63, 3.8) is 0 Å². The highest BCUT2D eigenvalue weighted by molar-refractivity contribution is 7.89. The van der Waals surface area contributed by atoms with Crippen LogP contribution >= 0.6 is 11.6 Å². The third kappa shape index (κ3) is 3.69. The average molecular weight is 457 g/mol. The highest BCUT2D eigenvalue weighted by Gasteiger charge is 2.21. The number of carbonyl (C=O) groups excluding carboxylic acids is 1. The van der Waals surface area contributed by atoms with Crippen LogP contribution in [-0.4, -0.2) is 40.1 Å². The van der Waals surface area contributed by atoms with Gasteiger partial charge in [0, 0.05) is 19.8 Å². The van der Waals surface area contributed by atoms with Gasteiger partial charge in [0.2, 0.25) is 21.2 Å². The molecular formula is C16H17ClN6O6S. The fraction of sp³-hybridized carbons (Fsp3) is 0.250. The Morgan fingerprint density at radius 3 is 2.53 bits per heavy atom. The number of nitrogens with one attached hydrogen (secondary N) is 1. The third-order valence-electron chi connectivity index (χ3n) is 4.36. The molecule has 0 unspecified atom stereocenters. The van der Waals surface area contributed by atoms with Crippen LogP contribution < -0.4 is 26.4 Å². The lowest BCUT2D eigenvalue weighted by Gasteiger charge is -2.11. The van der Waals surface area contributed by atoms with Gasteiger partial charge >= 0.3 is 5.69 Å². The molecule has 3 aromatic rings. The van der Waals surface area contributed by atoms with E-state index in [4.69, 9.17) is 21.5 Å². The molecule has 0 aliphatic rings. The van der Waals surface area contributed by atoms with Gasteiger partial charge in [0.05, 0.1) is 7.11 Å². The van der Waals surface area contributed by atoms with Gasteiger partial charge in [0.1, 0.15) is 17.2 Å². The van der Waals surface area contributed by atoms with E-state index in [0.717, 1.165) is 19.8 Å². The van der Waals surface area contributed by atoms with Crippen molar-refractivity contribution in [3.05, 3.63) is 44.3 Å². The molecule has 0 aliphatic carbocycles. The van der Waals surface area contributed by atoms with Crippen molar-refractivity contribution in [3.8, 4) is 5.75 Å². The van der Waals surface area contributed by atoms with Crippen LogP contribution in [0, 0.1) is 0 Å². The first-order valence-corrected chi connectivity index (χ1v) is 10.2. The van der Waals surface area contributed by atoms with Crippen molar-refractivity contribution in [1.29, 1.82) is 0 Å². The van der Waals surface area contributed by atoms with E-state index in [1.165, 1.54) is 33.3 Å². The number of primary sulfonamides is 1. The number of ether oxygens (including phenoxy) is 1. The summed E-state index contributed by atoms with van der Waals surface area (Å²) < 4.78 is 31.6. The number of aryl methyl sites for hydroxylation is 1. The average Bonchev–Trinajstić information content (AvgIpc) is 3.00. The number of aromatic nitrogens is 4. The summed E-state index contributed by atoms with van der Waals surface area (Å²) in [6, 6.07) is 3.89. The predicted molar refractivity (Wildman–Crippen MR) is 108 cm³/mol. The van der Waals surface area contributed by atoms with Gasteiger partial charge in [-0.15, -0.1) is 0 Å². The first kappa shape index (κ1) is 21.5. The van der Waals surface area contributed by atoms with Crippen LogP contribution in [0.1, 0.15) is 0 Å². The van der Waals surface area contributed by atoms with Gasteiger partial charge in [-0.05, 0) is 29.8 Å². The van der Waals surface area contributed by atoms with Gasteiger partial charge in [-0.2, -0.15) is 4.98 Å². The van der Waals surface area contributed by atoms with Gasteiger partial charge in [0.15, 0.2) is 11.2 Å². The number of hydrogen-bond donors (Lipinski definition) is 2. The third-order valence-corrected chi connectivity index (χ3v) is 5.58. The number of hydrogen-bond acceptors (Lipinski definition) is 7. The molecule has 0 saturated heterocycles. The van der Waals surface area contributed by atoms with Crippen LogP contribution in [0.25, 0.3) is 11.2 Å². The lowest BCUT2D eigenvalue weighted by Crippen LogP contribution is -2.37. The minimum absolute atomic E-state index is 0.0172. The monoisotopic (exact) mass is 456 g/mol. The van der Waals surface area contributed by atoms with E-state index >= 15 is 0 Å². The van der Waals surface area contributed by atoms with Crippen LogP contribution in [0.4, 0.5) is 5.69 Å². The van der Waals surface area contributed by atoms with Crippen molar-refractivity contribution in [2.24, 2.45) is 19.2 Å². The molecule has 0 radical (unpaired) electrons. The highest BCUT2D eigenvalue weighted by Crippen LogP contribution is 2.26. The molecule has 0 bridgehead atoms. The summed E-state index contributed by atoms with van der Waals surface area (Å²) in [4.78, 5) is 40.8. The second kappa shape index (κ2) is 7.59. The molecule has 1 amide bonds. The summed E-state index contributed by atoms with van der Waals surface area (Å²) in [6.45, 7) is -0.417. The molecule has 0 spiro atoms. The predicted octanol–water partition coefficient (Wildman–Crippen LogP) is -0.618. The van der Waals surface area contributed by atoms with E-state index in [1.54, 1.807) is 0 Å². The van der Waals surface area contributed by atoms with Crippen LogP contribution in [0.3, 0.4) is 0 Å². The molecule has 2 aromatic heterocycles. The van der Waals surface area contributed by atoms with Crippen LogP contribution in [0.15, 0.2) is 32.7 Å². The molecule has 12 nitrogen and oxygen atoms in total. The van der Waals surface area contributed by atoms with E-state index in [0.29, 0.717) is 0 Å². The van der Waals surface area contributed by atoms with Gasteiger partial charge in [0.25, 0.3) is 5.56 Å². The molecule has 1 aromatic carbocycles. The molecule has 160 valence electrons. The number of anilines is 1. The number of carbonyl (C=O) groups is 1. The van der Waals surface area contributed by atoms with E-state index < -0.39 is 33.7 Å². The van der Waals surface area contributed by atoms with Gasteiger partial charge in [-0.3, -0.25) is 23.3 Å². The molecule has 0 aliphatic heterocycles. The van der Waals surface area contributed by atoms with Gasteiger partial charge in [-0.25, -0.2) is 18.4 Å². The van der Waals surface area contributed by atoms with E-state index in [2.05, 4.69) is 10.3 Å². The summed E-state index contributed by atoms with van der Waals surface area (Å²) in [5.74, 6) is -0.610. The number of halogens is 1. The first-order chi connectivity index (χ1) is 14.0. The molecule has 3 N–H and O–H groups in total. The zero-order valence-electron chi connectivity index (χ0n) is 16.0. The minimum atomic E-state index is -4.10. The fourth-order valence-corrected chi connectivity index (χ4v) is 3.83. The number of fused-ring (bicyclic) bond motifs is 1. The Kier molecular flexibility index (Phi) is 5.45. The summed E-state index contributed by atoms with van der Waals surface area (Å²) in [5.41, 5.74) is -1.12. The van der Waals surface area contributed by atoms with Crippen molar-refractivity contribution < 1.29 is 17.9 Å². The van der Waals surface area contributed by atoms with E-state index in [1.807, 2.05) is 0 Å². The van der Waals surface area contributed by atoms with Crippen molar-refractivity contribution in [2.45, 2.75) is 11.4 Å². The Bertz CT molecular complexity index is 1400. The largest absolute Gasteiger partial charge is 0.495 e. The molecule has 0 saturated carbocycles. The number of nitrogens with two attached hydrogens (primary N) is 1. The summed E-state index contributed by atoms with van der Waals surface area (Å²) in [5, 5.41) is 7.50. The van der Waals surface area contributed by atoms with Crippen LogP contribution in [-0.2, 0) is 35.5 Å². The van der Waals surface area contributed by atoms with Crippen LogP contribution in [0.2, 0.25) is 5.28 Å². The quantitative estimate of drug-likeness (QED) is 0.483. The van der Waals surface area contributed by atoms with E-state index in [-0.39, 0.29) is 32.8 Å². The maximum atomic E-state index is 12.5. The molecule has 2 heterocycles. The molecular weight excluding hydrogens is 440 g/mol. The number of imidazole rings is 1. The number of nitrogens with zero attached hydrogens (tertiary/aromatic N) is 4. The normalized spacial score (nSPS) is 11.6. The molecule has 3 rings (SSSR count). The zero-order chi connectivity index (χ0) is 22.4. The molecule has 14 heteroatoms. The first-order valence-electron chi connectivity index (χ1n) is 8.28. The van der Waals surface area contributed by atoms with Crippen molar-refractivity contribution in [2.75, 3.05) is 12.4 Å². The Labute approximate surface area is 174 Å². The Morgan fingerprint density at radius 2 is 1.93 bits per heavy atom. The Hall–Kier alpha value is -3.16. The molecule has 0 atom stereocenters. The number of sulfonamides is 1. The van der Waals surface area contributed by atoms with Crippen molar-refractivity contribution in [1.82, 2.24) is 18.7 Å². The second-order valence-corrected chi connectivity index (χ2v) is 8.17. The standard InChI is InChI=1S/C16H17ClN6O6S/c1-21-13-12(14(25)22(2)16(21)26)23(15(17)20-13)7-11(24)19-8-4-5-9(29-3)10(6-8)30(18,27)28/h4-6H,7H2,1-3H3,(H,19,24)(H2,18,27,28).